The van der Waals surface area contributed by atoms with Gasteiger partial charge in [0.05, 0.1) is 23.0 Å². The molecule has 1 aromatic heterocycles. The summed E-state index contributed by atoms with van der Waals surface area (Å²) in [7, 11) is 0. The Hall–Kier alpha value is -2.70. The molecule has 172 valence electrons. The molecule has 32 heavy (non-hydrogen) atoms. The molecule has 0 radical (unpaired) electrons. The zero-order valence-electron chi connectivity index (χ0n) is 19.5. The van der Waals surface area contributed by atoms with Crippen molar-refractivity contribution in [2.45, 2.75) is 65.6 Å². The predicted octanol–water partition coefficient (Wildman–Crippen LogP) is 5.87. The summed E-state index contributed by atoms with van der Waals surface area (Å²) in [6, 6.07) is 16.1. The minimum absolute atomic E-state index is 0.229. The number of unbranched alkanes of at least 4 members (excludes halogenated alkanes) is 1. The molecule has 0 aliphatic heterocycles. The number of aliphatic hydroxyl groups excluding tert-OH is 1. The van der Waals surface area contributed by atoms with E-state index in [4.69, 9.17) is 9.84 Å². The molecule has 0 fully saturated rings. The normalized spacial score (nSPS) is 12.5. The molecule has 0 saturated heterocycles. The van der Waals surface area contributed by atoms with E-state index in [1.165, 1.54) is 12.1 Å². The molecule has 3 aromatic rings. The zero-order chi connectivity index (χ0) is 23.1. The van der Waals surface area contributed by atoms with E-state index in [0.29, 0.717) is 24.7 Å². The molecule has 0 saturated carbocycles. The van der Waals surface area contributed by atoms with Gasteiger partial charge in [0.15, 0.2) is 0 Å². The predicted molar refractivity (Wildman–Crippen MR) is 126 cm³/mol. The summed E-state index contributed by atoms with van der Waals surface area (Å²) in [6.45, 7) is 9.48. The van der Waals surface area contributed by atoms with Gasteiger partial charge in [-0.25, -0.2) is 9.07 Å². The number of hydrogen-bond acceptors (Lipinski definition) is 4. The number of rotatable bonds is 11. The first-order valence-electron chi connectivity index (χ1n) is 11.4. The Kier molecular flexibility index (Phi) is 8.42. The number of halogens is 1. The molecule has 0 spiro atoms. The molecule has 1 atom stereocenters. The van der Waals surface area contributed by atoms with Crippen molar-refractivity contribution in [3.63, 3.8) is 0 Å². The summed E-state index contributed by atoms with van der Waals surface area (Å²) < 4.78 is 21.8. The summed E-state index contributed by atoms with van der Waals surface area (Å²) >= 11 is 0. The van der Waals surface area contributed by atoms with Crippen LogP contribution in [0.2, 0.25) is 0 Å². The maximum Gasteiger partial charge on any atom is 0.227 e. The molecular formula is C26H34FN3O2. The Labute approximate surface area is 190 Å². The standard InChI is InChI=1S/C26H34FN3O2/c1-5-6-14-23(31)17-29(19(2)3)18-25-20(4)28-30(22-12-8-7-9-13-22)26(25)32-24-15-10-11-21(27)16-24/h7-13,15-16,19,23,31H,5-6,14,17-18H2,1-4H3/t23-/m1/s1. The van der Waals surface area contributed by atoms with Crippen LogP contribution in [0, 0.1) is 12.7 Å². The van der Waals surface area contributed by atoms with Crippen molar-refractivity contribution in [1.29, 1.82) is 0 Å². The first kappa shape index (κ1) is 24.0. The van der Waals surface area contributed by atoms with Crippen molar-refractivity contribution in [3.05, 3.63) is 71.7 Å². The molecule has 1 heterocycles. The number of para-hydroxylation sites is 1. The van der Waals surface area contributed by atoms with Gasteiger partial charge in [0, 0.05) is 25.2 Å². The molecule has 0 amide bonds. The van der Waals surface area contributed by atoms with Gasteiger partial charge in [0.25, 0.3) is 0 Å². The van der Waals surface area contributed by atoms with Gasteiger partial charge in [0.2, 0.25) is 5.88 Å². The number of aliphatic hydroxyl groups is 1. The second kappa shape index (κ2) is 11.2. The summed E-state index contributed by atoms with van der Waals surface area (Å²) in [5, 5.41) is 15.3. The molecule has 1 N–H and O–H groups in total. The van der Waals surface area contributed by atoms with Crippen LogP contribution in [0.1, 0.15) is 51.3 Å². The number of ether oxygens (including phenoxy) is 1. The van der Waals surface area contributed by atoms with Gasteiger partial charge in [-0.05, 0) is 51.5 Å². The number of benzene rings is 2. The van der Waals surface area contributed by atoms with E-state index in [2.05, 4.69) is 25.7 Å². The van der Waals surface area contributed by atoms with Crippen molar-refractivity contribution in [3.8, 4) is 17.3 Å². The highest BCUT2D eigenvalue weighted by molar-refractivity contribution is 5.43. The van der Waals surface area contributed by atoms with E-state index < -0.39 is 0 Å². The van der Waals surface area contributed by atoms with E-state index in [1.54, 1.807) is 16.8 Å². The second-order valence-electron chi connectivity index (χ2n) is 8.50. The number of nitrogens with zero attached hydrogens (tertiary/aromatic N) is 3. The van der Waals surface area contributed by atoms with Gasteiger partial charge in [0.1, 0.15) is 11.6 Å². The van der Waals surface area contributed by atoms with E-state index in [1.807, 2.05) is 37.3 Å². The van der Waals surface area contributed by atoms with Crippen molar-refractivity contribution < 1.29 is 14.2 Å². The number of hydrogen-bond donors (Lipinski definition) is 1. The highest BCUT2D eigenvalue weighted by Crippen LogP contribution is 2.32. The third kappa shape index (κ3) is 6.17. The maximum absolute atomic E-state index is 13.8. The Balaban J connectivity index is 1.97. The van der Waals surface area contributed by atoms with Crippen molar-refractivity contribution in [1.82, 2.24) is 14.7 Å². The lowest BCUT2D eigenvalue weighted by Crippen LogP contribution is -2.37. The van der Waals surface area contributed by atoms with Crippen molar-refractivity contribution in [2.75, 3.05) is 6.54 Å². The van der Waals surface area contributed by atoms with E-state index in [-0.39, 0.29) is 18.0 Å². The van der Waals surface area contributed by atoms with E-state index >= 15 is 0 Å². The molecule has 0 aliphatic rings. The number of aryl methyl sites for hydroxylation is 1. The molecule has 0 unspecified atom stereocenters. The van der Waals surface area contributed by atoms with Crippen LogP contribution in [-0.2, 0) is 6.54 Å². The van der Waals surface area contributed by atoms with Crippen LogP contribution in [0.5, 0.6) is 11.6 Å². The fourth-order valence-corrected chi connectivity index (χ4v) is 3.67. The van der Waals surface area contributed by atoms with Crippen LogP contribution >= 0.6 is 0 Å². The van der Waals surface area contributed by atoms with Gasteiger partial charge in [-0.2, -0.15) is 5.10 Å². The maximum atomic E-state index is 13.8. The lowest BCUT2D eigenvalue weighted by atomic mass is 10.1. The zero-order valence-corrected chi connectivity index (χ0v) is 19.5. The summed E-state index contributed by atoms with van der Waals surface area (Å²) in [5.74, 6) is 0.629. The van der Waals surface area contributed by atoms with E-state index in [0.717, 1.165) is 36.2 Å². The molecule has 6 heteroatoms. The average Bonchev–Trinajstić information content (AvgIpc) is 3.07. The van der Waals surface area contributed by atoms with Crippen LogP contribution < -0.4 is 4.74 Å². The second-order valence-corrected chi connectivity index (χ2v) is 8.50. The summed E-state index contributed by atoms with van der Waals surface area (Å²) in [6.07, 6.45) is 2.47. The Morgan fingerprint density at radius 2 is 1.88 bits per heavy atom. The van der Waals surface area contributed by atoms with Crippen molar-refractivity contribution >= 4 is 0 Å². The molecule has 5 nitrogen and oxygen atoms in total. The molecule has 0 aliphatic carbocycles. The quantitative estimate of drug-likeness (QED) is 0.406. The minimum atomic E-state index is -0.380. The largest absolute Gasteiger partial charge is 0.438 e. The van der Waals surface area contributed by atoms with E-state index in [9.17, 15) is 9.50 Å². The number of aromatic nitrogens is 2. The van der Waals surface area contributed by atoms with Gasteiger partial charge in [-0.1, -0.05) is 44.0 Å². The Morgan fingerprint density at radius 3 is 2.53 bits per heavy atom. The monoisotopic (exact) mass is 439 g/mol. The van der Waals surface area contributed by atoms with Gasteiger partial charge in [-0.3, -0.25) is 4.90 Å². The molecule has 2 aromatic carbocycles. The minimum Gasteiger partial charge on any atom is -0.438 e. The lowest BCUT2D eigenvalue weighted by molar-refractivity contribution is 0.0827. The molecule has 3 rings (SSSR count). The molecular weight excluding hydrogens is 405 g/mol. The van der Waals surface area contributed by atoms with Gasteiger partial charge >= 0.3 is 0 Å². The SMILES string of the molecule is CCCC[C@@H](O)CN(Cc1c(C)nn(-c2ccccc2)c1Oc1cccc(F)c1)C(C)C. The van der Waals surface area contributed by atoms with Crippen molar-refractivity contribution in [2.24, 2.45) is 0 Å². The fraction of sp³-hybridized carbons (Fsp3) is 0.423. The smallest absolute Gasteiger partial charge is 0.227 e. The highest BCUT2D eigenvalue weighted by Gasteiger charge is 2.24. The Morgan fingerprint density at radius 1 is 1.12 bits per heavy atom. The van der Waals surface area contributed by atoms with Crippen LogP contribution in [0.15, 0.2) is 54.6 Å². The first-order valence-corrected chi connectivity index (χ1v) is 11.4. The third-order valence-corrected chi connectivity index (χ3v) is 5.58. The van der Waals surface area contributed by atoms with Gasteiger partial charge in [-0.15, -0.1) is 0 Å². The van der Waals surface area contributed by atoms with Crippen LogP contribution in [0.25, 0.3) is 5.69 Å². The highest BCUT2D eigenvalue weighted by atomic mass is 19.1. The fourth-order valence-electron chi connectivity index (χ4n) is 3.67. The summed E-state index contributed by atoms with van der Waals surface area (Å²) in [4.78, 5) is 2.23. The average molecular weight is 440 g/mol. The summed E-state index contributed by atoms with van der Waals surface area (Å²) in [5.41, 5.74) is 2.63. The van der Waals surface area contributed by atoms with Crippen LogP contribution in [0.3, 0.4) is 0 Å². The Bertz CT molecular complexity index is 988. The molecule has 0 bridgehead atoms. The van der Waals surface area contributed by atoms with Crippen LogP contribution in [-0.4, -0.2) is 38.5 Å². The third-order valence-electron chi connectivity index (χ3n) is 5.58. The first-order chi connectivity index (χ1) is 15.4. The topological polar surface area (TPSA) is 50.5 Å². The lowest BCUT2D eigenvalue weighted by Gasteiger charge is -2.29. The van der Waals surface area contributed by atoms with Crippen LogP contribution in [0.4, 0.5) is 4.39 Å². The van der Waals surface area contributed by atoms with Gasteiger partial charge < -0.3 is 9.84 Å².